The summed E-state index contributed by atoms with van der Waals surface area (Å²) in [5, 5.41) is 18.1. The minimum atomic E-state index is -0.481. The molecule has 0 fully saturated rings. The minimum absolute atomic E-state index is 0.0319. The lowest BCUT2D eigenvalue weighted by molar-refractivity contribution is -0.116. The van der Waals surface area contributed by atoms with Crippen LogP contribution in [0.15, 0.2) is 97.2 Å². The maximum absolute atomic E-state index is 12.4. The van der Waals surface area contributed by atoms with Crippen LogP contribution >= 0.6 is 23.2 Å². The summed E-state index contributed by atoms with van der Waals surface area (Å²) in [6.45, 7) is 4.13. The van der Waals surface area contributed by atoms with E-state index < -0.39 is 5.91 Å². The van der Waals surface area contributed by atoms with Crippen molar-refractivity contribution in [3.63, 3.8) is 0 Å². The Kier molecular flexibility index (Phi) is 8.42. The molecule has 6 nitrogen and oxygen atoms in total. The van der Waals surface area contributed by atoms with Gasteiger partial charge in [0.1, 0.15) is 24.0 Å². The first kappa shape index (κ1) is 25.8. The van der Waals surface area contributed by atoms with Crippen molar-refractivity contribution in [3.8, 4) is 28.8 Å². The fourth-order valence-corrected chi connectivity index (χ4v) is 3.97. The van der Waals surface area contributed by atoms with Gasteiger partial charge in [-0.25, -0.2) is 4.68 Å². The summed E-state index contributed by atoms with van der Waals surface area (Å²) in [5.74, 6) is 0.168. The third-order valence-electron chi connectivity index (χ3n) is 5.37. The number of hydrogen-bond donors (Lipinski definition) is 1. The first-order chi connectivity index (χ1) is 18.0. The molecular weight excluding hydrogens is 507 g/mol. The number of rotatable bonds is 9. The second kappa shape index (κ2) is 12.1. The average Bonchev–Trinajstić information content (AvgIpc) is 3.34. The van der Waals surface area contributed by atoms with Gasteiger partial charge < -0.3 is 10.1 Å². The second-order valence-corrected chi connectivity index (χ2v) is 8.77. The third kappa shape index (κ3) is 6.47. The Balaban J connectivity index is 1.64. The van der Waals surface area contributed by atoms with E-state index in [1.165, 1.54) is 6.08 Å². The molecule has 0 aliphatic heterocycles. The number of halogens is 2. The zero-order valence-electron chi connectivity index (χ0n) is 19.7. The number of carbonyl (C=O) groups is 1. The van der Waals surface area contributed by atoms with E-state index in [-0.39, 0.29) is 18.7 Å². The highest BCUT2D eigenvalue weighted by molar-refractivity contribution is 6.35. The van der Waals surface area contributed by atoms with Crippen molar-refractivity contribution >= 4 is 35.2 Å². The number of para-hydroxylation sites is 1. The third-order valence-corrected chi connectivity index (χ3v) is 5.96. The summed E-state index contributed by atoms with van der Waals surface area (Å²) in [5.41, 5.74) is 3.66. The molecule has 0 aliphatic carbocycles. The van der Waals surface area contributed by atoms with Crippen LogP contribution < -0.4 is 10.1 Å². The molecule has 0 bridgehead atoms. The molecule has 184 valence electrons. The van der Waals surface area contributed by atoms with Gasteiger partial charge in [-0.05, 0) is 54.6 Å². The Bertz CT molecular complexity index is 1490. The van der Waals surface area contributed by atoms with E-state index in [4.69, 9.17) is 33.0 Å². The number of nitrogens with zero attached hydrogens (tertiary/aromatic N) is 3. The van der Waals surface area contributed by atoms with Crippen molar-refractivity contribution in [2.75, 3.05) is 6.54 Å². The van der Waals surface area contributed by atoms with E-state index in [2.05, 4.69) is 11.9 Å². The quantitative estimate of drug-likeness (QED) is 0.150. The van der Waals surface area contributed by atoms with Gasteiger partial charge in [-0.1, -0.05) is 53.5 Å². The van der Waals surface area contributed by atoms with Crippen molar-refractivity contribution in [1.82, 2.24) is 15.1 Å². The maximum atomic E-state index is 12.4. The highest BCUT2D eigenvalue weighted by atomic mass is 35.5. The zero-order valence-corrected chi connectivity index (χ0v) is 21.2. The standard InChI is InChI=1S/C29H22Cl2N4O2/c1-2-14-33-29(36)22(17-32)15-23-18-35(25-6-4-3-5-7-25)34-28(23)20-9-12-26(13-10-20)37-19-21-8-11-24(30)16-27(21)31/h2-13,15-16,18H,1,14,19H2,(H,33,36)/b22-15+. The molecule has 0 spiro atoms. The molecule has 0 radical (unpaired) electrons. The van der Waals surface area contributed by atoms with Crippen LogP contribution in [0.4, 0.5) is 0 Å². The zero-order chi connectivity index (χ0) is 26.2. The molecule has 0 aliphatic rings. The lowest BCUT2D eigenvalue weighted by Gasteiger charge is -2.09. The Labute approximate surface area is 225 Å². The molecule has 1 heterocycles. The summed E-state index contributed by atoms with van der Waals surface area (Å²) < 4.78 is 7.60. The van der Waals surface area contributed by atoms with E-state index in [0.717, 1.165) is 16.8 Å². The van der Waals surface area contributed by atoms with Gasteiger partial charge >= 0.3 is 0 Å². The average molecular weight is 529 g/mol. The van der Waals surface area contributed by atoms with Crippen LogP contribution in [-0.2, 0) is 11.4 Å². The van der Waals surface area contributed by atoms with E-state index in [9.17, 15) is 10.1 Å². The number of amides is 1. The number of hydrogen-bond acceptors (Lipinski definition) is 4. The summed E-state index contributed by atoms with van der Waals surface area (Å²) >= 11 is 12.2. The Morgan fingerprint density at radius 1 is 1.11 bits per heavy atom. The van der Waals surface area contributed by atoms with Crippen LogP contribution in [0.25, 0.3) is 23.0 Å². The number of nitriles is 1. The summed E-state index contributed by atoms with van der Waals surface area (Å²) in [4.78, 5) is 12.4. The van der Waals surface area contributed by atoms with Crippen LogP contribution in [0, 0.1) is 11.3 Å². The molecule has 37 heavy (non-hydrogen) atoms. The first-order valence-electron chi connectivity index (χ1n) is 11.3. The fraction of sp³-hybridized carbons (Fsp3) is 0.0690. The van der Waals surface area contributed by atoms with Crippen LogP contribution in [-0.4, -0.2) is 22.2 Å². The van der Waals surface area contributed by atoms with Crippen molar-refractivity contribution in [3.05, 3.63) is 118 Å². The van der Waals surface area contributed by atoms with Gasteiger partial charge in [0, 0.05) is 39.5 Å². The molecule has 0 atom stereocenters. The monoisotopic (exact) mass is 528 g/mol. The molecule has 3 aromatic carbocycles. The van der Waals surface area contributed by atoms with Gasteiger partial charge in [0.05, 0.1) is 11.4 Å². The van der Waals surface area contributed by atoms with Gasteiger partial charge in [0.15, 0.2) is 0 Å². The molecule has 4 aromatic rings. The summed E-state index contributed by atoms with van der Waals surface area (Å²) in [6, 6.07) is 24.2. The Morgan fingerprint density at radius 3 is 2.54 bits per heavy atom. The normalized spacial score (nSPS) is 11.0. The van der Waals surface area contributed by atoms with E-state index >= 15 is 0 Å². The van der Waals surface area contributed by atoms with Gasteiger partial charge in [-0.3, -0.25) is 4.79 Å². The summed E-state index contributed by atoms with van der Waals surface area (Å²) in [6.07, 6.45) is 4.87. The van der Waals surface area contributed by atoms with Crippen LogP contribution in [0.5, 0.6) is 5.75 Å². The number of nitrogens with one attached hydrogen (secondary N) is 1. The van der Waals surface area contributed by atoms with Crippen molar-refractivity contribution in [2.45, 2.75) is 6.61 Å². The molecule has 1 aromatic heterocycles. The molecule has 1 N–H and O–H groups in total. The van der Waals surface area contributed by atoms with Gasteiger partial charge in [-0.2, -0.15) is 10.4 Å². The fourth-order valence-electron chi connectivity index (χ4n) is 3.50. The molecular formula is C29H22Cl2N4O2. The predicted octanol–water partition coefficient (Wildman–Crippen LogP) is 6.63. The van der Waals surface area contributed by atoms with Crippen molar-refractivity contribution < 1.29 is 9.53 Å². The van der Waals surface area contributed by atoms with Gasteiger partial charge in [-0.15, -0.1) is 6.58 Å². The predicted molar refractivity (Wildman–Crippen MR) is 147 cm³/mol. The van der Waals surface area contributed by atoms with E-state index in [0.29, 0.717) is 27.1 Å². The van der Waals surface area contributed by atoms with Gasteiger partial charge in [0.25, 0.3) is 5.91 Å². The topological polar surface area (TPSA) is 79.9 Å². The number of carbonyl (C=O) groups excluding carboxylic acids is 1. The minimum Gasteiger partial charge on any atom is -0.489 e. The van der Waals surface area contributed by atoms with Crippen molar-refractivity contribution in [1.29, 1.82) is 5.26 Å². The molecule has 0 saturated carbocycles. The molecule has 4 rings (SSSR count). The van der Waals surface area contributed by atoms with Gasteiger partial charge in [0.2, 0.25) is 0 Å². The molecule has 8 heteroatoms. The molecule has 0 saturated heterocycles. The number of ether oxygens (including phenoxy) is 1. The number of aromatic nitrogens is 2. The second-order valence-electron chi connectivity index (χ2n) is 7.93. The maximum Gasteiger partial charge on any atom is 0.262 e. The molecule has 0 unspecified atom stereocenters. The van der Waals surface area contributed by atoms with Crippen LogP contribution in [0.3, 0.4) is 0 Å². The Morgan fingerprint density at radius 2 is 1.86 bits per heavy atom. The van der Waals surface area contributed by atoms with Crippen LogP contribution in [0.2, 0.25) is 10.0 Å². The molecule has 1 amide bonds. The Hall–Kier alpha value is -4.31. The van der Waals surface area contributed by atoms with Crippen molar-refractivity contribution in [2.24, 2.45) is 0 Å². The largest absolute Gasteiger partial charge is 0.489 e. The lowest BCUT2D eigenvalue weighted by Crippen LogP contribution is -2.24. The van der Waals surface area contributed by atoms with Crippen LogP contribution in [0.1, 0.15) is 11.1 Å². The van der Waals surface area contributed by atoms with E-state index in [1.807, 2.05) is 66.7 Å². The highest BCUT2D eigenvalue weighted by Crippen LogP contribution is 2.28. The highest BCUT2D eigenvalue weighted by Gasteiger charge is 2.15. The number of benzene rings is 3. The lowest BCUT2D eigenvalue weighted by atomic mass is 10.1. The SMILES string of the molecule is C=CCNC(=O)/C(C#N)=C/c1cn(-c2ccccc2)nc1-c1ccc(OCc2ccc(Cl)cc2Cl)cc1. The smallest absolute Gasteiger partial charge is 0.262 e. The summed E-state index contributed by atoms with van der Waals surface area (Å²) in [7, 11) is 0. The first-order valence-corrected chi connectivity index (χ1v) is 12.1. The van der Waals surface area contributed by atoms with E-state index in [1.54, 1.807) is 29.1 Å².